The fraction of sp³-hybridized carbons (Fsp3) is 0.562. The summed E-state index contributed by atoms with van der Waals surface area (Å²) in [4.78, 5) is 12.4. The van der Waals surface area contributed by atoms with E-state index >= 15 is 0 Å². The molecule has 0 spiro atoms. The second kappa shape index (κ2) is 7.76. The zero-order valence-corrected chi connectivity index (χ0v) is 13.5. The molecule has 118 valence electrons. The molecule has 21 heavy (non-hydrogen) atoms. The van der Waals surface area contributed by atoms with Crippen LogP contribution in [0.3, 0.4) is 0 Å². The summed E-state index contributed by atoms with van der Waals surface area (Å²) in [6.07, 6.45) is 2.05. The zero-order chi connectivity index (χ0) is 16.0. The maximum Gasteiger partial charge on any atom is 0.253 e. The van der Waals surface area contributed by atoms with Crippen LogP contribution in [0.4, 0.5) is 5.69 Å². The summed E-state index contributed by atoms with van der Waals surface area (Å²) >= 11 is 0. The smallest absolute Gasteiger partial charge is 0.253 e. The number of nitrogen functional groups attached to an aromatic ring is 1. The quantitative estimate of drug-likeness (QED) is 0.758. The molecule has 1 amide bonds. The number of carbonyl (C=O) groups is 1. The van der Waals surface area contributed by atoms with E-state index in [1.807, 2.05) is 6.92 Å². The van der Waals surface area contributed by atoms with E-state index in [9.17, 15) is 4.79 Å². The summed E-state index contributed by atoms with van der Waals surface area (Å²) < 4.78 is 10.4. The lowest BCUT2D eigenvalue weighted by Gasteiger charge is -2.23. The average Bonchev–Trinajstić information content (AvgIpc) is 2.48. The molecule has 0 fully saturated rings. The van der Waals surface area contributed by atoms with E-state index in [1.54, 1.807) is 19.2 Å². The Morgan fingerprint density at radius 2 is 1.86 bits per heavy atom. The van der Waals surface area contributed by atoms with E-state index in [2.05, 4.69) is 19.2 Å². The summed E-state index contributed by atoms with van der Waals surface area (Å²) in [6.45, 7) is 6.27. The first kappa shape index (κ1) is 17.1. The molecule has 0 heterocycles. The third-order valence-electron chi connectivity index (χ3n) is 3.93. The zero-order valence-electron chi connectivity index (χ0n) is 13.5. The Bertz CT molecular complexity index is 485. The molecule has 5 nitrogen and oxygen atoms in total. The minimum Gasteiger partial charge on any atom is -0.497 e. The molecule has 1 aromatic carbocycles. The number of amides is 1. The second-order valence-corrected chi connectivity index (χ2v) is 5.13. The number of ether oxygens (including phenoxy) is 2. The molecule has 0 aliphatic carbocycles. The van der Waals surface area contributed by atoms with Crippen molar-refractivity contribution in [2.24, 2.45) is 5.92 Å². The minimum absolute atomic E-state index is 0.0871. The first-order valence-electron chi connectivity index (χ1n) is 7.30. The van der Waals surface area contributed by atoms with Crippen molar-refractivity contribution < 1.29 is 14.3 Å². The Morgan fingerprint density at radius 1 is 1.24 bits per heavy atom. The third-order valence-corrected chi connectivity index (χ3v) is 3.93. The van der Waals surface area contributed by atoms with Gasteiger partial charge in [-0.3, -0.25) is 4.79 Å². The maximum absolute atomic E-state index is 12.4. The lowest BCUT2D eigenvalue weighted by molar-refractivity contribution is 0.0925. The fourth-order valence-electron chi connectivity index (χ4n) is 2.47. The first-order valence-corrected chi connectivity index (χ1v) is 7.30. The number of nitrogens with two attached hydrogens (primary N) is 1. The van der Waals surface area contributed by atoms with Gasteiger partial charge in [-0.2, -0.15) is 0 Å². The van der Waals surface area contributed by atoms with Crippen LogP contribution in [0.15, 0.2) is 12.1 Å². The largest absolute Gasteiger partial charge is 0.497 e. The van der Waals surface area contributed by atoms with Crippen molar-refractivity contribution in [1.29, 1.82) is 0 Å². The Hall–Kier alpha value is -1.91. The van der Waals surface area contributed by atoms with Crippen molar-refractivity contribution in [3.63, 3.8) is 0 Å². The number of rotatable bonds is 7. The number of benzene rings is 1. The number of anilines is 1. The molecule has 0 bridgehead atoms. The van der Waals surface area contributed by atoms with Gasteiger partial charge in [-0.25, -0.2) is 0 Å². The standard InChI is InChI=1S/C16H26N2O3/c1-6-11(7-2)10(3)18-16(19)13-8-12(20-4)9-14(21-5)15(13)17/h8-11H,6-7,17H2,1-5H3,(H,18,19). The van der Waals surface area contributed by atoms with E-state index < -0.39 is 0 Å². The van der Waals surface area contributed by atoms with Gasteiger partial charge in [-0.1, -0.05) is 26.7 Å². The van der Waals surface area contributed by atoms with Crippen molar-refractivity contribution >= 4 is 11.6 Å². The van der Waals surface area contributed by atoms with Gasteiger partial charge < -0.3 is 20.5 Å². The molecule has 1 aromatic rings. The molecule has 0 radical (unpaired) electrons. The monoisotopic (exact) mass is 294 g/mol. The van der Waals surface area contributed by atoms with E-state index in [0.717, 1.165) is 12.8 Å². The molecule has 1 atom stereocenters. The van der Waals surface area contributed by atoms with Gasteiger partial charge in [0.2, 0.25) is 0 Å². The number of hydrogen-bond acceptors (Lipinski definition) is 4. The molecular formula is C16H26N2O3. The van der Waals surface area contributed by atoms with Gasteiger partial charge in [-0.05, 0) is 18.9 Å². The Morgan fingerprint density at radius 3 is 2.33 bits per heavy atom. The first-order chi connectivity index (χ1) is 9.98. The van der Waals surface area contributed by atoms with Crippen LogP contribution in [0.5, 0.6) is 11.5 Å². The third kappa shape index (κ3) is 4.03. The Labute approximate surface area is 126 Å². The minimum atomic E-state index is -0.205. The Kier molecular flexibility index (Phi) is 6.34. The van der Waals surface area contributed by atoms with Crippen LogP contribution in [-0.2, 0) is 0 Å². The van der Waals surface area contributed by atoms with Crippen LogP contribution >= 0.6 is 0 Å². The number of hydrogen-bond donors (Lipinski definition) is 2. The van der Waals surface area contributed by atoms with Gasteiger partial charge in [-0.15, -0.1) is 0 Å². The molecule has 5 heteroatoms. The maximum atomic E-state index is 12.4. The molecule has 0 saturated heterocycles. The molecule has 3 N–H and O–H groups in total. The van der Waals surface area contributed by atoms with Crippen molar-refractivity contribution in [2.75, 3.05) is 20.0 Å². The van der Waals surface area contributed by atoms with Gasteiger partial charge in [0.25, 0.3) is 5.91 Å². The highest BCUT2D eigenvalue weighted by Gasteiger charge is 2.20. The second-order valence-electron chi connectivity index (χ2n) is 5.13. The van der Waals surface area contributed by atoms with Gasteiger partial charge in [0, 0.05) is 12.1 Å². The summed E-state index contributed by atoms with van der Waals surface area (Å²) in [5.74, 6) is 1.22. The van der Waals surface area contributed by atoms with Crippen LogP contribution < -0.4 is 20.5 Å². The summed E-state index contributed by atoms with van der Waals surface area (Å²) in [6, 6.07) is 3.38. The van der Waals surface area contributed by atoms with Gasteiger partial charge in [0.05, 0.1) is 25.5 Å². The van der Waals surface area contributed by atoms with Gasteiger partial charge >= 0.3 is 0 Å². The van der Waals surface area contributed by atoms with Gasteiger partial charge in [0.15, 0.2) is 0 Å². The molecule has 0 aliphatic rings. The number of carbonyl (C=O) groups excluding carboxylic acids is 1. The lowest BCUT2D eigenvalue weighted by atomic mass is 9.95. The van der Waals surface area contributed by atoms with Crippen molar-refractivity contribution in [3.05, 3.63) is 17.7 Å². The molecule has 0 aliphatic heterocycles. The molecule has 0 saturated carbocycles. The van der Waals surface area contributed by atoms with E-state index in [4.69, 9.17) is 15.2 Å². The SMILES string of the molecule is CCC(CC)C(C)NC(=O)c1cc(OC)cc(OC)c1N. The predicted molar refractivity (Wildman–Crippen MR) is 85.0 cm³/mol. The van der Waals surface area contributed by atoms with E-state index in [-0.39, 0.29) is 11.9 Å². The van der Waals surface area contributed by atoms with Crippen LogP contribution in [0.25, 0.3) is 0 Å². The van der Waals surface area contributed by atoms with Crippen molar-refractivity contribution in [3.8, 4) is 11.5 Å². The van der Waals surface area contributed by atoms with Crippen molar-refractivity contribution in [1.82, 2.24) is 5.32 Å². The summed E-state index contributed by atoms with van der Waals surface area (Å²) in [7, 11) is 3.05. The van der Waals surface area contributed by atoms with Gasteiger partial charge in [0.1, 0.15) is 11.5 Å². The average molecular weight is 294 g/mol. The summed E-state index contributed by atoms with van der Waals surface area (Å²) in [5, 5.41) is 3.01. The van der Waals surface area contributed by atoms with Crippen molar-refractivity contribution in [2.45, 2.75) is 39.7 Å². The topological polar surface area (TPSA) is 73.6 Å². The fourth-order valence-corrected chi connectivity index (χ4v) is 2.47. The van der Waals surface area contributed by atoms with Crippen LogP contribution in [-0.4, -0.2) is 26.2 Å². The normalized spacial score (nSPS) is 12.1. The highest BCUT2D eigenvalue weighted by molar-refractivity contribution is 6.01. The van der Waals surface area contributed by atoms with Crippen LogP contribution in [0.1, 0.15) is 44.0 Å². The highest BCUT2D eigenvalue weighted by Crippen LogP contribution is 2.31. The predicted octanol–water partition coefficient (Wildman–Crippen LogP) is 2.84. The molecule has 0 aromatic heterocycles. The number of methoxy groups -OCH3 is 2. The Balaban J connectivity index is 3.01. The van der Waals surface area contributed by atoms with Crippen LogP contribution in [0, 0.1) is 5.92 Å². The highest BCUT2D eigenvalue weighted by atomic mass is 16.5. The number of nitrogens with one attached hydrogen (secondary N) is 1. The molecule has 1 rings (SSSR count). The molecular weight excluding hydrogens is 268 g/mol. The van der Waals surface area contributed by atoms with Crippen LogP contribution in [0.2, 0.25) is 0 Å². The summed E-state index contributed by atoms with van der Waals surface area (Å²) in [5.41, 5.74) is 6.70. The van der Waals surface area contributed by atoms with E-state index in [1.165, 1.54) is 7.11 Å². The lowest BCUT2D eigenvalue weighted by Crippen LogP contribution is -2.38. The van der Waals surface area contributed by atoms with E-state index in [0.29, 0.717) is 28.7 Å². The molecule has 1 unspecified atom stereocenters.